The van der Waals surface area contributed by atoms with E-state index in [1.807, 2.05) is 0 Å². The van der Waals surface area contributed by atoms with Gasteiger partial charge in [-0.2, -0.15) is 0 Å². The third-order valence-corrected chi connectivity index (χ3v) is 4.15. The van der Waals surface area contributed by atoms with Crippen LogP contribution in [0.3, 0.4) is 0 Å². The molecule has 2 aliphatic rings. The van der Waals surface area contributed by atoms with Gasteiger partial charge in [-0.05, 0) is 37.0 Å². The molecule has 2 amide bonds. The molecule has 0 heterocycles. The van der Waals surface area contributed by atoms with Crippen molar-refractivity contribution >= 4 is 12.0 Å². The smallest absolute Gasteiger partial charge is 0.334 e. The highest BCUT2D eigenvalue weighted by Crippen LogP contribution is 2.47. The number of aliphatic carboxylic acids is 1. The van der Waals surface area contributed by atoms with Gasteiger partial charge in [-0.15, -0.1) is 0 Å². The number of urea groups is 1. The number of amides is 2. The van der Waals surface area contributed by atoms with E-state index in [0.29, 0.717) is 12.5 Å². The Balaban J connectivity index is 1.62. The fraction of sp³-hybridized carbons (Fsp3) is 0.833. The lowest BCUT2D eigenvalue weighted by Crippen LogP contribution is -2.43. The minimum atomic E-state index is -1.54. The van der Waals surface area contributed by atoms with Crippen LogP contribution in [-0.2, 0) is 4.79 Å². The van der Waals surface area contributed by atoms with Gasteiger partial charge in [0.25, 0.3) is 0 Å². The molecule has 102 valence electrons. The van der Waals surface area contributed by atoms with E-state index >= 15 is 0 Å². The number of aliphatic hydroxyl groups is 1. The van der Waals surface area contributed by atoms with E-state index in [1.54, 1.807) is 0 Å². The Labute approximate surface area is 106 Å². The van der Waals surface area contributed by atoms with Crippen molar-refractivity contribution in [2.45, 2.75) is 31.8 Å². The van der Waals surface area contributed by atoms with Crippen LogP contribution in [0.2, 0.25) is 0 Å². The molecule has 0 saturated heterocycles. The first-order valence-electron chi connectivity index (χ1n) is 6.49. The Morgan fingerprint density at radius 2 is 2.00 bits per heavy atom. The van der Waals surface area contributed by atoms with Crippen molar-refractivity contribution in [2.24, 2.45) is 17.8 Å². The summed E-state index contributed by atoms with van der Waals surface area (Å²) in [6, 6.07) is -0.405. The molecule has 2 aliphatic carbocycles. The highest BCUT2D eigenvalue weighted by molar-refractivity contribution is 5.76. The second kappa shape index (κ2) is 5.56. The van der Waals surface area contributed by atoms with Crippen molar-refractivity contribution in [2.75, 3.05) is 13.1 Å². The monoisotopic (exact) mass is 256 g/mol. The van der Waals surface area contributed by atoms with Crippen LogP contribution in [-0.4, -0.2) is 41.4 Å². The maximum atomic E-state index is 11.4. The van der Waals surface area contributed by atoms with Crippen LogP contribution < -0.4 is 10.6 Å². The molecule has 4 atom stereocenters. The van der Waals surface area contributed by atoms with E-state index < -0.39 is 18.1 Å². The molecule has 2 saturated carbocycles. The molecule has 0 aliphatic heterocycles. The van der Waals surface area contributed by atoms with Gasteiger partial charge in [0.1, 0.15) is 0 Å². The van der Waals surface area contributed by atoms with Crippen molar-refractivity contribution in [3.63, 3.8) is 0 Å². The summed E-state index contributed by atoms with van der Waals surface area (Å²) in [6.07, 6.45) is 3.56. The Hall–Kier alpha value is -1.30. The average Bonchev–Trinajstić information content (AvgIpc) is 2.95. The summed E-state index contributed by atoms with van der Waals surface area (Å²) in [5, 5.41) is 22.5. The number of carbonyl (C=O) groups excluding carboxylic acids is 1. The van der Waals surface area contributed by atoms with E-state index in [-0.39, 0.29) is 6.54 Å². The van der Waals surface area contributed by atoms with Gasteiger partial charge in [0.2, 0.25) is 0 Å². The molecule has 0 radical (unpaired) electrons. The first-order chi connectivity index (χ1) is 8.56. The maximum Gasteiger partial charge on any atom is 0.334 e. The van der Waals surface area contributed by atoms with Crippen molar-refractivity contribution in [1.29, 1.82) is 0 Å². The number of hydrogen-bond donors (Lipinski definition) is 4. The molecule has 3 unspecified atom stereocenters. The van der Waals surface area contributed by atoms with Gasteiger partial charge in [0.05, 0.1) is 6.54 Å². The summed E-state index contributed by atoms with van der Waals surface area (Å²) in [5.74, 6) is 0.834. The first-order valence-corrected chi connectivity index (χ1v) is 6.49. The molecule has 2 bridgehead atoms. The Morgan fingerprint density at radius 1 is 1.22 bits per heavy atom. The third-order valence-electron chi connectivity index (χ3n) is 4.15. The standard InChI is InChI=1S/C12H20N2O4/c15-10(11(16)17)6-14-12(18)13-5-9-4-7-1-2-8(9)3-7/h7-10,15H,1-6H2,(H,16,17)(H2,13,14,18)/t7?,8?,9?,10-/m0/s1. The van der Waals surface area contributed by atoms with Gasteiger partial charge >= 0.3 is 12.0 Å². The SMILES string of the molecule is O=C(NCC1CC2CCC1C2)NC[C@H](O)C(=O)O. The van der Waals surface area contributed by atoms with Gasteiger partial charge in [-0.1, -0.05) is 6.42 Å². The zero-order chi connectivity index (χ0) is 13.1. The minimum Gasteiger partial charge on any atom is -0.479 e. The van der Waals surface area contributed by atoms with Gasteiger partial charge in [0.15, 0.2) is 6.10 Å². The maximum absolute atomic E-state index is 11.4. The van der Waals surface area contributed by atoms with E-state index in [2.05, 4.69) is 10.6 Å². The van der Waals surface area contributed by atoms with Crippen LogP contribution in [0.15, 0.2) is 0 Å². The molecule has 0 aromatic heterocycles. The normalized spacial score (nSPS) is 31.1. The van der Waals surface area contributed by atoms with Gasteiger partial charge in [-0.25, -0.2) is 9.59 Å². The van der Waals surface area contributed by atoms with Crippen molar-refractivity contribution < 1.29 is 19.8 Å². The largest absolute Gasteiger partial charge is 0.479 e. The second-order valence-corrected chi connectivity index (χ2v) is 5.38. The number of carbonyl (C=O) groups is 2. The molecule has 6 nitrogen and oxygen atoms in total. The van der Waals surface area contributed by atoms with Crippen molar-refractivity contribution in [3.05, 3.63) is 0 Å². The van der Waals surface area contributed by atoms with Crippen LogP contribution in [0.5, 0.6) is 0 Å². The van der Waals surface area contributed by atoms with E-state index in [0.717, 1.165) is 11.8 Å². The topological polar surface area (TPSA) is 98.7 Å². The van der Waals surface area contributed by atoms with Crippen molar-refractivity contribution in [3.8, 4) is 0 Å². The number of aliphatic hydroxyl groups excluding tert-OH is 1. The lowest BCUT2D eigenvalue weighted by atomic mass is 9.89. The molecule has 0 aromatic carbocycles. The molecule has 2 fully saturated rings. The number of carboxylic acid groups (broad SMARTS) is 1. The van der Waals surface area contributed by atoms with E-state index in [1.165, 1.54) is 25.7 Å². The Kier molecular flexibility index (Phi) is 4.06. The molecule has 2 rings (SSSR count). The first kappa shape index (κ1) is 13.1. The van der Waals surface area contributed by atoms with Crippen LogP contribution in [0, 0.1) is 17.8 Å². The number of hydrogen-bond acceptors (Lipinski definition) is 3. The second-order valence-electron chi connectivity index (χ2n) is 5.38. The Bertz CT molecular complexity index is 334. The lowest BCUT2D eigenvalue weighted by molar-refractivity contribution is -0.146. The summed E-state index contributed by atoms with van der Waals surface area (Å²) < 4.78 is 0. The number of nitrogens with one attached hydrogen (secondary N) is 2. The quantitative estimate of drug-likeness (QED) is 0.563. The average molecular weight is 256 g/mol. The fourth-order valence-corrected chi connectivity index (χ4v) is 3.19. The zero-order valence-electron chi connectivity index (χ0n) is 10.3. The minimum absolute atomic E-state index is 0.266. The highest BCUT2D eigenvalue weighted by atomic mass is 16.4. The molecule has 6 heteroatoms. The van der Waals surface area contributed by atoms with Gasteiger partial charge in [-0.3, -0.25) is 0 Å². The Morgan fingerprint density at radius 3 is 2.56 bits per heavy atom. The lowest BCUT2D eigenvalue weighted by Gasteiger charge is -2.22. The third kappa shape index (κ3) is 3.13. The number of rotatable bonds is 5. The van der Waals surface area contributed by atoms with Crippen LogP contribution in [0.4, 0.5) is 4.79 Å². The number of fused-ring (bicyclic) bond motifs is 2. The van der Waals surface area contributed by atoms with Crippen LogP contribution >= 0.6 is 0 Å². The summed E-state index contributed by atoms with van der Waals surface area (Å²) in [4.78, 5) is 21.8. The summed E-state index contributed by atoms with van der Waals surface area (Å²) in [5.41, 5.74) is 0. The predicted octanol–water partition coefficient (Wildman–Crippen LogP) is 0.167. The summed E-state index contributed by atoms with van der Waals surface area (Å²) in [6.45, 7) is 0.383. The zero-order valence-corrected chi connectivity index (χ0v) is 10.3. The molecule has 0 spiro atoms. The van der Waals surface area contributed by atoms with E-state index in [9.17, 15) is 9.59 Å². The highest BCUT2D eigenvalue weighted by Gasteiger charge is 2.39. The van der Waals surface area contributed by atoms with E-state index in [4.69, 9.17) is 10.2 Å². The van der Waals surface area contributed by atoms with Crippen molar-refractivity contribution in [1.82, 2.24) is 10.6 Å². The predicted molar refractivity (Wildman–Crippen MR) is 64.0 cm³/mol. The molecule has 0 aromatic rings. The van der Waals surface area contributed by atoms with Crippen LogP contribution in [0.1, 0.15) is 25.7 Å². The summed E-state index contributed by atoms with van der Waals surface area (Å²) >= 11 is 0. The molecule has 18 heavy (non-hydrogen) atoms. The molecular formula is C12H20N2O4. The fourth-order valence-electron chi connectivity index (χ4n) is 3.19. The van der Waals surface area contributed by atoms with Crippen LogP contribution in [0.25, 0.3) is 0 Å². The van der Waals surface area contributed by atoms with Gasteiger partial charge < -0.3 is 20.8 Å². The van der Waals surface area contributed by atoms with Gasteiger partial charge in [0, 0.05) is 6.54 Å². The summed E-state index contributed by atoms with van der Waals surface area (Å²) in [7, 11) is 0. The molecular weight excluding hydrogens is 236 g/mol. The molecule has 4 N–H and O–H groups in total. The number of carboxylic acids is 1.